The van der Waals surface area contributed by atoms with Gasteiger partial charge in [-0.2, -0.15) is 0 Å². The average molecular weight is 415 g/mol. The number of nitrogens with zero attached hydrogens (tertiary/aromatic N) is 3. The van der Waals surface area contributed by atoms with Crippen LogP contribution in [-0.4, -0.2) is 47.5 Å². The molecule has 1 N–H and O–H groups in total. The molecule has 3 heterocycles. The molecule has 2 aliphatic rings. The average Bonchev–Trinajstić information content (AvgIpc) is 2.85. The summed E-state index contributed by atoms with van der Waals surface area (Å²) in [7, 11) is 1.87. The van der Waals surface area contributed by atoms with Crippen LogP contribution in [0.3, 0.4) is 0 Å². The SMILES string of the molecule is CNc1ccc(C(=O)N2CCC3(CC2)OCCc2cnc(-c4ccccc4)nc23)cc1. The molecule has 1 spiro atoms. The summed E-state index contributed by atoms with van der Waals surface area (Å²) in [5.41, 5.74) is 4.44. The fraction of sp³-hybridized carbons (Fsp3) is 0.320. The van der Waals surface area contributed by atoms with Crippen LogP contribution in [0, 0.1) is 0 Å². The molecular weight excluding hydrogens is 388 g/mol. The highest BCUT2D eigenvalue weighted by Gasteiger charge is 2.43. The molecule has 158 valence electrons. The summed E-state index contributed by atoms with van der Waals surface area (Å²) >= 11 is 0. The van der Waals surface area contributed by atoms with E-state index >= 15 is 0 Å². The van der Waals surface area contributed by atoms with Gasteiger partial charge in [-0.3, -0.25) is 4.79 Å². The minimum atomic E-state index is -0.438. The van der Waals surface area contributed by atoms with Crippen molar-refractivity contribution in [2.45, 2.75) is 24.9 Å². The molecule has 1 saturated heterocycles. The van der Waals surface area contributed by atoms with Crippen molar-refractivity contribution >= 4 is 11.6 Å². The van der Waals surface area contributed by atoms with Crippen molar-refractivity contribution in [2.75, 3.05) is 32.1 Å². The maximum absolute atomic E-state index is 13.0. The van der Waals surface area contributed by atoms with E-state index in [9.17, 15) is 4.79 Å². The van der Waals surface area contributed by atoms with Gasteiger partial charge in [0.1, 0.15) is 5.60 Å². The van der Waals surface area contributed by atoms with Crippen LogP contribution in [0.2, 0.25) is 0 Å². The van der Waals surface area contributed by atoms with E-state index in [1.807, 2.05) is 72.7 Å². The van der Waals surface area contributed by atoms with Crippen LogP contribution in [0.1, 0.15) is 34.5 Å². The monoisotopic (exact) mass is 414 g/mol. The summed E-state index contributed by atoms with van der Waals surface area (Å²) in [4.78, 5) is 24.5. The number of amides is 1. The zero-order valence-corrected chi connectivity index (χ0v) is 17.7. The Kier molecular flexibility index (Phi) is 5.16. The number of piperidine rings is 1. The lowest BCUT2D eigenvalue weighted by Crippen LogP contribution is -2.49. The molecule has 3 aromatic rings. The molecule has 1 amide bonds. The van der Waals surface area contributed by atoms with Gasteiger partial charge in [-0.15, -0.1) is 0 Å². The lowest BCUT2D eigenvalue weighted by atomic mass is 9.83. The molecule has 0 saturated carbocycles. The van der Waals surface area contributed by atoms with E-state index in [4.69, 9.17) is 9.72 Å². The number of benzene rings is 2. The summed E-state index contributed by atoms with van der Waals surface area (Å²) < 4.78 is 6.35. The van der Waals surface area contributed by atoms with Crippen LogP contribution in [0.15, 0.2) is 60.8 Å². The lowest BCUT2D eigenvalue weighted by molar-refractivity contribution is -0.0967. The van der Waals surface area contributed by atoms with E-state index in [0.717, 1.165) is 47.6 Å². The van der Waals surface area contributed by atoms with E-state index in [1.54, 1.807) is 0 Å². The van der Waals surface area contributed by atoms with Crippen molar-refractivity contribution < 1.29 is 9.53 Å². The van der Waals surface area contributed by atoms with E-state index < -0.39 is 5.60 Å². The number of likely N-dealkylation sites (tertiary alicyclic amines) is 1. The summed E-state index contributed by atoms with van der Waals surface area (Å²) in [5, 5.41) is 3.08. The zero-order chi connectivity index (χ0) is 21.3. The van der Waals surface area contributed by atoms with E-state index in [0.29, 0.717) is 25.3 Å². The maximum Gasteiger partial charge on any atom is 0.253 e. The highest BCUT2D eigenvalue weighted by molar-refractivity contribution is 5.94. The number of carbonyl (C=O) groups excluding carboxylic acids is 1. The Labute approximate surface area is 182 Å². The Hall–Kier alpha value is -3.25. The molecule has 6 heteroatoms. The van der Waals surface area contributed by atoms with Gasteiger partial charge in [0.05, 0.1) is 12.3 Å². The second-order valence-electron chi connectivity index (χ2n) is 8.15. The number of hydrogen-bond acceptors (Lipinski definition) is 5. The van der Waals surface area contributed by atoms with Gasteiger partial charge in [0, 0.05) is 43.1 Å². The standard InChI is InChI=1S/C25H26N4O2/c1-26-21-9-7-19(8-10-21)24(30)29-14-12-25(13-15-29)22-20(11-16-31-25)17-27-23(28-22)18-5-3-2-4-6-18/h2-10,17,26H,11-16H2,1H3. The maximum atomic E-state index is 13.0. The molecule has 2 aromatic carbocycles. The van der Waals surface area contributed by atoms with Gasteiger partial charge in [0.15, 0.2) is 5.82 Å². The van der Waals surface area contributed by atoms with Crippen LogP contribution in [0.25, 0.3) is 11.4 Å². The molecule has 0 unspecified atom stereocenters. The van der Waals surface area contributed by atoms with Crippen LogP contribution in [0.5, 0.6) is 0 Å². The lowest BCUT2D eigenvalue weighted by Gasteiger charge is -2.44. The van der Waals surface area contributed by atoms with Gasteiger partial charge in [-0.05, 0) is 49.1 Å². The Bertz CT molecular complexity index is 1070. The van der Waals surface area contributed by atoms with Gasteiger partial charge in [-0.25, -0.2) is 9.97 Å². The van der Waals surface area contributed by atoms with Crippen molar-refractivity contribution in [3.05, 3.63) is 77.6 Å². The number of ether oxygens (including phenoxy) is 1. The Morgan fingerprint density at radius 1 is 1.06 bits per heavy atom. The van der Waals surface area contributed by atoms with Crippen molar-refractivity contribution in [3.63, 3.8) is 0 Å². The molecule has 0 atom stereocenters. The molecule has 1 aromatic heterocycles. The first-order chi connectivity index (χ1) is 15.2. The van der Waals surface area contributed by atoms with E-state index in [2.05, 4.69) is 10.3 Å². The van der Waals surface area contributed by atoms with Crippen molar-refractivity contribution in [3.8, 4) is 11.4 Å². The first kappa shape index (κ1) is 19.7. The molecule has 0 aliphatic carbocycles. The van der Waals surface area contributed by atoms with E-state index in [-0.39, 0.29) is 5.91 Å². The van der Waals surface area contributed by atoms with E-state index in [1.165, 1.54) is 0 Å². The normalized spacial score (nSPS) is 17.3. The third-order valence-corrected chi connectivity index (χ3v) is 6.36. The van der Waals surface area contributed by atoms with Gasteiger partial charge < -0.3 is 15.0 Å². The molecule has 0 bridgehead atoms. The predicted molar refractivity (Wildman–Crippen MR) is 120 cm³/mol. The molecule has 2 aliphatic heterocycles. The third-order valence-electron chi connectivity index (χ3n) is 6.36. The number of rotatable bonds is 3. The third kappa shape index (κ3) is 3.68. The topological polar surface area (TPSA) is 67.4 Å². The van der Waals surface area contributed by atoms with Crippen LogP contribution < -0.4 is 5.32 Å². The second kappa shape index (κ2) is 8.12. The Balaban J connectivity index is 1.37. The molecular formula is C25H26N4O2. The number of hydrogen-bond donors (Lipinski definition) is 1. The molecule has 5 rings (SSSR count). The molecule has 1 fully saturated rings. The molecule has 0 radical (unpaired) electrons. The van der Waals surface area contributed by atoms with Crippen LogP contribution in [0.4, 0.5) is 5.69 Å². The minimum absolute atomic E-state index is 0.0706. The van der Waals surface area contributed by atoms with Crippen LogP contribution in [-0.2, 0) is 16.8 Å². The first-order valence-electron chi connectivity index (χ1n) is 10.8. The summed E-state index contributed by atoms with van der Waals surface area (Å²) in [6, 6.07) is 17.7. The van der Waals surface area contributed by atoms with Crippen molar-refractivity contribution in [2.24, 2.45) is 0 Å². The number of anilines is 1. The Morgan fingerprint density at radius 3 is 2.52 bits per heavy atom. The summed E-state index contributed by atoms with van der Waals surface area (Å²) in [6.07, 6.45) is 4.26. The molecule has 6 nitrogen and oxygen atoms in total. The smallest absolute Gasteiger partial charge is 0.253 e. The highest BCUT2D eigenvalue weighted by atomic mass is 16.5. The van der Waals surface area contributed by atoms with Gasteiger partial charge in [0.2, 0.25) is 0 Å². The Morgan fingerprint density at radius 2 is 1.81 bits per heavy atom. The predicted octanol–water partition coefficient (Wildman–Crippen LogP) is 3.89. The van der Waals surface area contributed by atoms with Crippen LogP contribution >= 0.6 is 0 Å². The fourth-order valence-corrected chi connectivity index (χ4v) is 4.55. The summed E-state index contributed by atoms with van der Waals surface area (Å²) in [5.74, 6) is 0.800. The van der Waals surface area contributed by atoms with Crippen molar-refractivity contribution in [1.82, 2.24) is 14.9 Å². The van der Waals surface area contributed by atoms with Gasteiger partial charge >= 0.3 is 0 Å². The minimum Gasteiger partial charge on any atom is -0.388 e. The first-order valence-corrected chi connectivity index (χ1v) is 10.8. The highest BCUT2D eigenvalue weighted by Crippen LogP contribution is 2.41. The fourth-order valence-electron chi connectivity index (χ4n) is 4.55. The number of carbonyl (C=O) groups is 1. The van der Waals surface area contributed by atoms with Gasteiger partial charge in [0.25, 0.3) is 5.91 Å². The number of nitrogens with one attached hydrogen (secondary N) is 1. The quantitative estimate of drug-likeness (QED) is 0.704. The summed E-state index contributed by atoms with van der Waals surface area (Å²) in [6.45, 7) is 1.97. The van der Waals surface area contributed by atoms with Crippen molar-refractivity contribution in [1.29, 1.82) is 0 Å². The largest absolute Gasteiger partial charge is 0.388 e. The number of aromatic nitrogens is 2. The molecule has 31 heavy (non-hydrogen) atoms. The van der Waals surface area contributed by atoms with Gasteiger partial charge in [-0.1, -0.05) is 30.3 Å². The number of fused-ring (bicyclic) bond motifs is 2. The zero-order valence-electron chi connectivity index (χ0n) is 17.7. The second-order valence-corrected chi connectivity index (χ2v) is 8.15.